The van der Waals surface area contributed by atoms with Crippen molar-refractivity contribution in [2.45, 2.75) is 64.2 Å². The van der Waals surface area contributed by atoms with Gasteiger partial charge in [-0.1, -0.05) is 24.4 Å². The van der Waals surface area contributed by atoms with Crippen LogP contribution in [0.25, 0.3) is 0 Å². The highest BCUT2D eigenvalue weighted by Crippen LogP contribution is 2.60. The first kappa shape index (κ1) is 20.6. The third-order valence-corrected chi connectivity index (χ3v) is 7.94. The lowest BCUT2D eigenvalue weighted by Gasteiger charge is -2.58. The van der Waals surface area contributed by atoms with Gasteiger partial charge >= 0.3 is 5.97 Å². The number of nitrogens with one attached hydrogen (secondary N) is 1. The highest BCUT2D eigenvalue weighted by molar-refractivity contribution is 7.80. The Morgan fingerprint density at radius 1 is 1.21 bits per heavy atom. The van der Waals surface area contributed by atoms with Crippen LogP contribution in [0.2, 0.25) is 0 Å². The van der Waals surface area contributed by atoms with Gasteiger partial charge in [-0.2, -0.15) is 0 Å². The van der Waals surface area contributed by atoms with Gasteiger partial charge in [0.2, 0.25) is 0 Å². The maximum atomic E-state index is 11.9. The quantitative estimate of drug-likeness (QED) is 0.649. The molecule has 0 radical (unpaired) electrons. The lowest BCUT2D eigenvalue weighted by molar-refractivity contribution is -0.166. The van der Waals surface area contributed by atoms with Crippen molar-refractivity contribution in [2.24, 2.45) is 23.2 Å². The number of hydrogen-bond acceptors (Lipinski definition) is 4. The number of thiocarbonyl (C=S) groups is 1. The molecule has 0 aliphatic heterocycles. The Morgan fingerprint density at radius 2 is 1.83 bits per heavy atom. The first-order chi connectivity index (χ1) is 13.7. The van der Waals surface area contributed by atoms with Crippen LogP contribution in [-0.2, 0) is 16.1 Å². The molecule has 4 saturated carbocycles. The van der Waals surface area contributed by atoms with E-state index in [1.165, 1.54) is 0 Å². The fraction of sp³-hybridized carbons (Fsp3) is 0.652. The minimum Gasteiger partial charge on any atom is -0.497 e. The number of carboxylic acids is 1. The molecule has 4 aliphatic rings. The van der Waals surface area contributed by atoms with Crippen LogP contribution in [0.1, 0.15) is 51.5 Å². The average Bonchev–Trinajstić information content (AvgIpc) is 2.68. The Hall–Kier alpha value is -1.66. The SMILES string of the molecule is COc1ccc(COC(C)(C)C(=S)NC2C3CC4CC2CC(C(=O)O)(C4)C3)cc1. The Bertz CT molecular complexity index is 775. The molecule has 0 aromatic heterocycles. The smallest absolute Gasteiger partial charge is 0.309 e. The molecule has 4 bridgehead atoms. The predicted octanol–water partition coefficient (Wildman–Crippen LogP) is 4.19. The number of rotatable bonds is 7. The Labute approximate surface area is 178 Å². The lowest BCUT2D eigenvalue weighted by atomic mass is 9.48. The normalized spacial score (nSPS) is 32.8. The highest BCUT2D eigenvalue weighted by atomic mass is 32.1. The van der Waals surface area contributed by atoms with E-state index >= 15 is 0 Å². The van der Waals surface area contributed by atoms with Crippen LogP contribution in [-0.4, -0.2) is 34.8 Å². The molecule has 1 aromatic rings. The van der Waals surface area contributed by atoms with Gasteiger partial charge in [-0.15, -0.1) is 0 Å². The largest absolute Gasteiger partial charge is 0.497 e. The first-order valence-electron chi connectivity index (χ1n) is 10.5. The maximum absolute atomic E-state index is 11.9. The third-order valence-electron chi connectivity index (χ3n) is 7.33. The molecule has 5 nitrogen and oxygen atoms in total. The molecule has 5 rings (SSSR count). The van der Waals surface area contributed by atoms with Crippen molar-refractivity contribution >= 4 is 23.2 Å². The second kappa shape index (κ2) is 7.55. The fourth-order valence-electron chi connectivity index (χ4n) is 5.90. The molecule has 6 heteroatoms. The van der Waals surface area contributed by atoms with Crippen molar-refractivity contribution < 1.29 is 19.4 Å². The van der Waals surface area contributed by atoms with Crippen LogP contribution in [0.5, 0.6) is 5.75 Å². The van der Waals surface area contributed by atoms with Crippen LogP contribution >= 0.6 is 12.2 Å². The van der Waals surface area contributed by atoms with Crippen molar-refractivity contribution in [3.05, 3.63) is 29.8 Å². The van der Waals surface area contributed by atoms with Gasteiger partial charge in [0.15, 0.2) is 0 Å². The van der Waals surface area contributed by atoms with Crippen LogP contribution in [0.3, 0.4) is 0 Å². The van der Waals surface area contributed by atoms with E-state index < -0.39 is 17.0 Å². The monoisotopic (exact) mass is 417 g/mol. The van der Waals surface area contributed by atoms with E-state index in [1.807, 2.05) is 38.1 Å². The van der Waals surface area contributed by atoms with Crippen LogP contribution in [0, 0.1) is 23.2 Å². The molecule has 158 valence electrons. The van der Waals surface area contributed by atoms with Crippen molar-refractivity contribution in [3.8, 4) is 5.75 Å². The second-order valence-corrected chi connectivity index (χ2v) is 10.1. The van der Waals surface area contributed by atoms with Crippen molar-refractivity contribution in [1.82, 2.24) is 5.32 Å². The van der Waals surface area contributed by atoms with Gasteiger partial charge in [0.05, 0.1) is 19.1 Å². The van der Waals surface area contributed by atoms with E-state index in [2.05, 4.69) is 5.32 Å². The Balaban J connectivity index is 1.37. The highest BCUT2D eigenvalue weighted by Gasteiger charge is 2.59. The summed E-state index contributed by atoms with van der Waals surface area (Å²) < 4.78 is 11.4. The van der Waals surface area contributed by atoms with E-state index in [9.17, 15) is 9.90 Å². The summed E-state index contributed by atoms with van der Waals surface area (Å²) in [4.78, 5) is 12.6. The van der Waals surface area contributed by atoms with E-state index in [0.717, 1.165) is 43.4 Å². The van der Waals surface area contributed by atoms with Crippen LogP contribution in [0.15, 0.2) is 24.3 Å². The van der Waals surface area contributed by atoms with Crippen molar-refractivity contribution in [2.75, 3.05) is 7.11 Å². The topological polar surface area (TPSA) is 67.8 Å². The summed E-state index contributed by atoms with van der Waals surface area (Å²) in [7, 11) is 1.65. The van der Waals surface area contributed by atoms with Gasteiger partial charge in [-0.05, 0) is 81.4 Å². The summed E-state index contributed by atoms with van der Waals surface area (Å²) in [6.45, 7) is 4.47. The van der Waals surface area contributed by atoms with Crippen molar-refractivity contribution in [1.29, 1.82) is 0 Å². The zero-order valence-electron chi connectivity index (χ0n) is 17.4. The molecule has 29 heavy (non-hydrogen) atoms. The Morgan fingerprint density at radius 3 is 2.38 bits per heavy atom. The van der Waals surface area contributed by atoms with Gasteiger partial charge in [0.25, 0.3) is 0 Å². The number of benzene rings is 1. The van der Waals surface area contributed by atoms with E-state index in [4.69, 9.17) is 21.7 Å². The summed E-state index contributed by atoms with van der Waals surface area (Å²) in [6, 6.07) is 8.11. The molecule has 2 unspecified atom stereocenters. The lowest BCUT2D eigenvalue weighted by Crippen LogP contribution is -2.62. The summed E-state index contributed by atoms with van der Waals surface area (Å²) in [6.07, 6.45) is 4.67. The van der Waals surface area contributed by atoms with Gasteiger partial charge in [-0.3, -0.25) is 4.79 Å². The molecule has 0 amide bonds. The number of carbonyl (C=O) groups is 1. The molecule has 0 spiro atoms. The van der Waals surface area contributed by atoms with Crippen LogP contribution < -0.4 is 10.1 Å². The second-order valence-electron chi connectivity index (χ2n) is 9.70. The molecule has 4 fully saturated rings. The summed E-state index contributed by atoms with van der Waals surface area (Å²) in [5.74, 6) is 1.59. The van der Waals surface area contributed by atoms with Gasteiger partial charge in [0, 0.05) is 6.04 Å². The van der Waals surface area contributed by atoms with Gasteiger partial charge in [-0.25, -0.2) is 0 Å². The van der Waals surface area contributed by atoms with Crippen molar-refractivity contribution in [3.63, 3.8) is 0 Å². The number of aliphatic carboxylic acids is 1. The zero-order chi connectivity index (χ0) is 20.8. The fourth-order valence-corrected chi connectivity index (χ4v) is 6.09. The summed E-state index contributed by atoms with van der Waals surface area (Å²) in [5, 5.41) is 13.4. The van der Waals surface area contributed by atoms with Crippen LogP contribution in [0.4, 0.5) is 0 Å². The molecule has 0 saturated heterocycles. The summed E-state index contributed by atoms with van der Waals surface area (Å²) >= 11 is 5.75. The Kier molecular flexibility index (Phi) is 5.36. The van der Waals surface area contributed by atoms with Gasteiger partial charge < -0.3 is 19.9 Å². The third kappa shape index (κ3) is 3.89. The molecular formula is C23H31NO4S. The minimum absolute atomic E-state index is 0.274. The van der Waals surface area contributed by atoms with E-state index in [-0.39, 0.29) is 6.04 Å². The van der Waals surface area contributed by atoms with Gasteiger partial charge in [0.1, 0.15) is 16.3 Å². The molecule has 4 aliphatic carbocycles. The number of carboxylic acid groups (broad SMARTS) is 1. The molecule has 1 aromatic carbocycles. The maximum Gasteiger partial charge on any atom is 0.309 e. The average molecular weight is 418 g/mol. The molecule has 0 heterocycles. The summed E-state index contributed by atoms with van der Waals surface area (Å²) in [5.41, 5.74) is -0.00912. The standard InChI is InChI=1S/C23H31NO4S/c1-22(2,28-13-14-4-6-18(27-3)7-5-14)20(29)24-19-16-8-15-9-17(19)12-23(10-15,11-16)21(25)26/h4-7,15-17,19H,8-13H2,1-3H3,(H,24,29)(H,25,26). The predicted molar refractivity (Wildman–Crippen MR) is 115 cm³/mol. The number of hydrogen-bond donors (Lipinski definition) is 2. The molecule has 2 N–H and O–H groups in total. The first-order valence-corrected chi connectivity index (χ1v) is 10.9. The minimum atomic E-state index is -0.596. The van der Waals surface area contributed by atoms with E-state index in [1.54, 1.807) is 7.11 Å². The number of ether oxygens (including phenoxy) is 2. The van der Waals surface area contributed by atoms with E-state index in [0.29, 0.717) is 29.3 Å². The molecule has 2 atom stereocenters. The number of methoxy groups -OCH3 is 1. The molecular weight excluding hydrogens is 386 g/mol. The zero-order valence-corrected chi connectivity index (χ0v) is 18.3.